The first-order valence-electron chi connectivity index (χ1n) is 5.78. The van der Waals surface area contributed by atoms with Crippen molar-refractivity contribution in [2.45, 2.75) is 12.5 Å². The highest BCUT2D eigenvalue weighted by Crippen LogP contribution is 2.07. The zero-order valence-electron chi connectivity index (χ0n) is 10.4. The molecule has 5 heteroatoms. The molecule has 0 aliphatic rings. The standard InChI is InChI=1S/C13H18ClNO3/c1-17-9-11(7-8-14)15-13(16)10-18-12-5-3-2-4-6-12/h2-6,11H,7-10H2,1H3,(H,15,16). The van der Waals surface area contributed by atoms with E-state index in [1.807, 2.05) is 18.2 Å². The molecular formula is C13H18ClNO3. The number of rotatable bonds is 8. The Balaban J connectivity index is 2.31. The molecular weight excluding hydrogens is 254 g/mol. The van der Waals surface area contributed by atoms with Gasteiger partial charge in [-0.2, -0.15) is 0 Å². The first-order valence-corrected chi connectivity index (χ1v) is 6.32. The van der Waals surface area contributed by atoms with E-state index in [9.17, 15) is 4.79 Å². The summed E-state index contributed by atoms with van der Waals surface area (Å²) in [5.74, 6) is 0.979. The van der Waals surface area contributed by atoms with Crippen LogP contribution in [0.3, 0.4) is 0 Å². The van der Waals surface area contributed by atoms with Gasteiger partial charge < -0.3 is 14.8 Å². The molecule has 1 N–H and O–H groups in total. The minimum absolute atomic E-state index is 0.00743. The number of para-hydroxylation sites is 1. The maximum absolute atomic E-state index is 11.6. The lowest BCUT2D eigenvalue weighted by Gasteiger charge is -2.16. The van der Waals surface area contributed by atoms with Gasteiger partial charge in [0, 0.05) is 13.0 Å². The van der Waals surface area contributed by atoms with Gasteiger partial charge in [0.05, 0.1) is 12.6 Å². The summed E-state index contributed by atoms with van der Waals surface area (Å²) in [6.45, 7) is 0.441. The van der Waals surface area contributed by atoms with Crippen LogP contribution in [0.5, 0.6) is 5.75 Å². The lowest BCUT2D eigenvalue weighted by atomic mass is 10.2. The van der Waals surface area contributed by atoms with Crippen LogP contribution in [-0.2, 0) is 9.53 Å². The number of alkyl halides is 1. The number of benzene rings is 1. The number of carbonyl (C=O) groups excluding carboxylic acids is 1. The molecule has 0 aliphatic carbocycles. The van der Waals surface area contributed by atoms with Crippen LogP contribution in [0.25, 0.3) is 0 Å². The Kier molecular flexibility index (Phi) is 7.22. The molecule has 1 unspecified atom stereocenters. The third-order valence-corrected chi connectivity index (χ3v) is 2.52. The molecule has 0 aromatic heterocycles. The lowest BCUT2D eigenvalue weighted by Crippen LogP contribution is -2.40. The summed E-state index contributed by atoms with van der Waals surface area (Å²) in [6.07, 6.45) is 0.673. The average molecular weight is 272 g/mol. The molecule has 0 radical (unpaired) electrons. The number of nitrogens with one attached hydrogen (secondary N) is 1. The van der Waals surface area contributed by atoms with E-state index >= 15 is 0 Å². The van der Waals surface area contributed by atoms with E-state index in [0.29, 0.717) is 24.7 Å². The summed E-state index contributed by atoms with van der Waals surface area (Å²) in [5.41, 5.74) is 0. The average Bonchev–Trinajstić information content (AvgIpc) is 2.38. The molecule has 1 rings (SSSR count). The Labute approximate surface area is 112 Å². The smallest absolute Gasteiger partial charge is 0.258 e. The molecule has 1 atom stereocenters. The second kappa shape index (κ2) is 8.78. The zero-order chi connectivity index (χ0) is 13.2. The Hall–Kier alpha value is -1.26. The fourth-order valence-corrected chi connectivity index (χ4v) is 1.73. The van der Waals surface area contributed by atoms with Crippen molar-refractivity contribution in [3.8, 4) is 5.75 Å². The van der Waals surface area contributed by atoms with Crippen LogP contribution < -0.4 is 10.1 Å². The second-order valence-electron chi connectivity index (χ2n) is 3.80. The number of hydrogen-bond donors (Lipinski definition) is 1. The van der Waals surface area contributed by atoms with Gasteiger partial charge in [0.1, 0.15) is 5.75 Å². The van der Waals surface area contributed by atoms with Crippen molar-refractivity contribution < 1.29 is 14.3 Å². The minimum atomic E-state index is -0.175. The molecule has 4 nitrogen and oxygen atoms in total. The van der Waals surface area contributed by atoms with Crippen molar-refractivity contribution in [3.05, 3.63) is 30.3 Å². The maximum atomic E-state index is 11.6. The van der Waals surface area contributed by atoms with Crippen molar-refractivity contribution in [3.63, 3.8) is 0 Å². The van der Waals surface area contributed by atoms with E-state index in [1.54, 1.807) is 19.2 Å². The van der Waals surface area contributed by atoms with Crippen LogP contribution in [0, 0.1) is 0 Å². The Bertz CT molecular complexity index is 339. The highest BCUT2D eigenvalue weighted by atomic mass is 35.5. The van der Waals surface area contributed by atoms with E-state index in [2.05, 4.69) is 5.32 Å². The van der Waals surface area contributed by atoms with E-state index in [1.165, 1.54) is 0 Å². The summed E-state index contributed by atoms with van der Waals surface area (Å²) in [6, 6.07) is 9.14. The minimum Gasteiger partial charge on any atom is -0.484 e. The number of ether oxygens (including phenoxy) is 2. The Morgan fingerprint density at radius 1 is 1.39 bits per heavy atom. The van der Waals surface area contributed by atoms with Gasteiger partial charge in [-0.3, -0.25) is 4.79 Å². The molecule has 0 spiro atoms. The van der Waals surface area contributed by atoms with E-state index in [-0.39, 0.29) is 18.6 Å². The predicted molar refractivity (Wildman–Crippen MR) is 71.1 cm³/mol. The molecule has 0 saturated carbocycles. The third-order valence-electron chi connectivity index (χ3n) is 2.30. The monoisotopic (exact) mass is 271 g/mol. The van der Waals surface area contributed by atoms with Crippen LogP contribution >= 0.6 is 11.6 Å². The lowest BCUT2D eigenvalue weighted by molar-refractivity contribution is -0.124. The quantitative estimate of drug-likeness (QED) is 0.734. The van der Waals surface area contributed by atoms with E-state index in [0.717, 1.165) is 0 Å². The molecule has 0 fully saturated rings. The SMILES string of the molecule is COCC(CCCl)NC(=O)COc1ccccc1. The van der Waals surface area contributed by atoms with Gasteiger partial charge in [-0.25, -0.2) is 0 Å². The summed E-state index contributed by atoms with van der Waals surface area (Å²) in [5, 5.41) is 2.82. The fraction of sp³-hybridized carbons (Fsp3) is 0.462. The summed E-state index contributed by atoms with van der Waals surface area (Å²) >= 11 is 5.65. The van der Waals surface area contributed by atoms with Crippen molar-refractivity contribution in [1.82, 2.24) is 5.32 Å². The van der Waals surface area contributed by atoms with Gasteiger partial charge >= 0.3 is 0 Å². The van der Waals surface area contributed by atoms with Gasteiger partial charge in [0.2, 0.25) is 0 Å². The number of carbonyl (C=O) groups is 1. The molecule has 0 bridgehead atoms. The summed E-state index contributed by atoms with van der Waals surface area (Å²) in [4.78, 5) is 11.6. The Morgan fingerprint density at radius 2 is 2.11 bits per heavy atom. The molecule has 18 heavy (non-hydrogen) atoms. The van der Waals surface area contributed by atoms with Gasteiger partial charge in [0.25, 0.3) is 5.91 Å². The highest BCUT2D eigenvalue weighted by molar-refractivity contribution is 6.17. The van der Waals surface area contributed by atoms with Crippen molar-refractivity contribution in [2.24, 2.45) is 0 Å². The normalized spacial score (nSPS) is 11.9. The van der Waals surface area contributed by atoms with E-state index < -0.39 is 0 Å². The van der Waals surface area contributed by atoms with E-state index in [4.69, 9.17) is 21.1 Å². The van der Waals surface area contributed by atoms with Crippen LogP contribution in [0.1, 0.15) is 6.42 Å². The third kappa shape index (κ3) is 5.89. The van der Waals surface area contributed by atoms with Crippen molar-refractivity contribution >= 4 is 17.5 Å². The first kappa shape index (κ1) is 14.8. The summed E-state index contributed by atoms with van der Waals surface area (Å²) in [7, 11) is 1.59. The van der Waals surface area contributed by atoms with Crippen LogP contribution in [-0.4, -0.2) is 38.2 Å². The van der Waals surface area contributed by atoms with Gasteiger partial charge in [-0.15, -0.1) is 11.6 Å². The highest BCUT2D eigenvalue weighted by Gasteiger charge is 2.11. The molecule has 0 saturated heterocycles. The van der Waals surface area contributed by atoms with Crippen molar-refractivity contribution in [2.75, 3.05) is 26.2 Å². The van der Waals surface area contributed by atoms with Crippen molar-refractivity contribution in [1.29, 1.82) is 0 Å². The second-order valence-corrected chi connectivity index (χ2v) is 4.18. The molecule has 1 aromatic carbocycles. The number of hydrogen-bond acceptors (Lipinski definition) is 3. The predicted octanol–water partition coefficient (Wildman–Crippen LogP) is 1.83. The number of halogens is 1. The largest absolute Gasteiger partial charge is 0.484 e. The Morgan fingerprint density at radius 3 is 2.72 bits per heavy atom. The molecule has 0 heterocycles. The summed E-state index contributed by atoms with van der Waals surface area (Å²) < 4.78 is 10.3. The van der Waals surface area contributed by atoms with Crippen LogP contribution in [0.15, 0.2) is 30.3 Å². The molecule has 1 amide bonds. The van der Waals surface area contributed by atoms with Gasteiger partial charge in [0.15, 0.2) is 6.61 Å². The van der Waals surface area contributed by atoms with Crippen LogP contribution in [0.2, 0.25) is 0 Å². The number of amides is 1. The number of methoxy groups -OCH3 is 1. The molecule has 1 aromatic rings. The van der Waals surface area contributed by atoms with Gasteiger partial charge in [-0.1, -0.05) is 18.2 Å². The molecule has 100 valence electrons. The molecule has 0 aliphatic heterocycles. The maximum Gasteiger partial charge on any atom is 0.258 e. The van der Waals surface area contributed by atoms with Gasteiger partial charge in [-0.05, 0) is 18.6 Å². The van der Waals surface area contributed by atoms with Crippen LogP contribution in [0.4, 0.5) is 0 Å². The zero-order valence-corrected chi connectivity index (χ0v) is 11.2. The fourth-order valence-electron chi connectivity index (χ4n) is 1.46. The topological polar surface area (TPSA) is 47.6 Å². The first-order chi connectivity index (χ1) is 8.76.